The van der Waals surface area contributed by atoms with Crippen LogP contribution in [0.4, 0.5) is 0 Å². The average Bonchev–Trinajstić information content (AvgIpc) is 2.20. The fourth-order valence-electron chi connectivity index (χ4n) is 1.26. The van der Waals surface area contributed by atoms with Crippen molar-refractivity contribution < 1.29 is 4.74 Å². The van der Waals surface area contributed by atoms with Gasteiger partial charge in [0.15, 0.2) is 0 Å². The van der Waals surface area contributed by atoms with E-state index in [1.165, 1.54) is 0 Å². The van der Waals surface area contributed by atoms with Gasteiger partial charge >= 0.3 is 0 Å². The number of hydrogen-bond donors (Lipinski definition) is 0. The molecular weight excluding hydrogens is 172 g/mol. The van der Waals surface area contributed by atoms with Gasteiger partial charge in [-0.15, -0.1) is 13.2 Å². The van der Waals surface area contributed by atoms with Crippen molar-refractivity contribution in [1.29, 1.82) is 0 Å². The van der Waals surface area contributed by atoms with E-state index in [1.54, 1.807) is 0 Å². The summed E-state index contributed by atoms with van der Waals surface area (Å²) in [6, 6.07) is 9.82. The summed E-state index contributed by atoms with van der Waals surface area (Å²) in [5, 5.41) is 0. The van der Waals surface area contributed by atoms with E-state index in [-0.39, 0.29) is 6.10 Å². The molecule has 1 nitrogen and oxygen atoms in total. The molecule has 0 radical (unpaired) electrons. The summed E-state index contributed by atoms with van der Waals surface area (Å²) in [5.74, 6) is 0.904. The van der Waals surface area contributed by atoms with E-state index in [1.807, 2.05) is 42.5 Å². The van der Waals surface area contributed by atoms with Gasteiger partial charge in [-0.25, -0.2) is 0 Å². The van der Waals surface area contributed by atoms with Crippen LogP contribution in [0.3, 0.4) is 0 Å². The minimum Gasteiger partial charge on any atom is -0.490 e. The van der Waals surface area contributed by atoms with Gasteiger partial charge in [0, 0.05) is 12.8 Å². The van der Waals surface area contributed by atoms with Gasteiger partial charge in [-0.3, -0.25) is 0 Å². The lowest BCUT2D eigenvalue weighted by molar-refractivity contribution is 0.208. The SMILES string of the molecule is C=CCC(CC=C)Oc1ccccc1. The van der Waals surface area contributed by atoms with Crippen LogP contribution in [0.25, 0.3) is 0 Å². The lowest BCUT2D eigenvalue weighted by Gasteiger charge is -2.15. The predicted octanol–water partition coefficient (Wildman–Crippen LogP) is 3.59. The van der Waals surface area contributed by atoms with Gasteiger partial charge in [0.05, 0.1) is 0 Å². The molecule has 0 amide bonds. The monoisotopic (exact) mass is 188 g/mol. The van der Waals surface area contributed by atoms with Crippen molar-refractivity contribution in [1.82, 2.24) is 0 Å². The number of ether oxygens (including phenoxy) is 1. The Morgan fingerprint density at radius 3 is 2.14 bits per heavy atom. The largest absolute Gasteiger partial charge is 0.490 e. The van der Waals surface area contributed by atoms with E-state index >= 15 is 0 Å². The molecule has 1 aromatic carbocycles. The maximum absolute atomic E-state index is 5.75. The van der Waals surface area contributed by atoms with Crippen molar-refractivity contribution >= 4 is 0 Å². The summed E-state index contributed by atoms with van der Waals surface area (Å²) >= 11 is 0. The van der Waals surface area contributed by atoms with E-state index < -0.39 is 0 Å². The van der Waals surface area contributed by atoms with Crippen molar-refractivity contribution in [2.45, 2.75) is 18.9 Å². The first-order chi connectivity index (χ1) is 6.86. The maximum Gasteiger partial charge on any atom is 0.119 e. The van der Waals surface area contributed by atoms with Crippen molar-refractivity contribution in [2.24, 2.45) is 0 Å². The zero-order chi connectivity index (χ0) is 10.2. The smallest absolute Gasteiger partial charge is 0.119 e. The number of rotatable bonds is 6. The Kier molecular flexibility index (Phi) is 4.56. The number of para-hydroxylation sites is 1. The van der Waals surface area contributed by atoms with Crippen LogP contribution >= 0.6 is 0 Å². The van der Waals surface area contributed by atoms with Gasteiger partial charge in [0.25, 0.3) is 0 Å². The molecule has 0 aliphatic carbocycles. The normalized spacial score (nSPS) is 9.79. The van der Waals surface area contributed by atoms with Crippen LogP contribution in [-0.2, 0) is 0 Å². The Bertz CT molecular complexity index is 267. The zero-order valence-corrected chi connectivity index (χ0v) is 8.36. The van der Waals surface area contributed by atoms with Gasteiger partial charge in [0.2, 0.25) is 0 Å². The third-order valence-corrected chi connectivity index (χ3v) is 1.91. The summed E-state index contributed by atoms with van der Waals surface area (Å²) in [4.78, 5) is 0. The van der Waals surface area contributed by atoms with Gasteiger partial charge in [-0.2, -0.15) is 0 Å². The predicted molar refractivity (Wildman–Crippen MR) is 60.5 cm³/mol. The van der Waals surface area contributed by atoms with Crippen LogP contribution < -0.4 is 4.74 Å². The number of hydrogen-bond acceptors (Lipinski definition) is 1. The summed E-state index contributed by atoms with van der Waals surface area (Å²) < 4.78 is 5.75. The average molecular weight is 188 g/mol. The van der Waals surface area contributed by atoms with E-state index in [0.29, 0.717) is 0 Å². The molecule has 1 heteroatoms. The highest BCUT2D eigenvalue weighted by molar-refractivity contribution is 5.21. The van der Waals surface area contributed by atoms with Crippen molar-refractivity contribution in [3.63, 3.8) is 0 Å². The molecule has 0 bridgehead atoms. The minimum atomic E-state index is 0.160. The third kappa shape index (κ3) is 3.48. The fourth-order valence-corrected chi connectivity index (χ4v) is 1.26. The second-order valence-electron chi connectivity index (χ2n) is 3.10. The third-order valence-electron chi connectivity index (χ3n) is 1.91. The van der Waals surface area contributed by atoms with Crippen LogP contribution in [0.2, 0.25) is 0 Å². The minimum absolute atomic E-state index is 0.160. The van der Waals surface area contributed by atoms with Gasteiger partial charge in [-0.05, 0) is 12.1 Å². The standard InChI is InChI=1S/C13H16O/c1-3-8-12(9-4-2)14-13-10-6-5-7-11-13/h3-7,10-12H,1-2,8-9H2. The molecule has 1 aromatic rings. The molecule has 14 heavy (non-hydrogen) atoms. The van der Waals surface area contributed by atoms with E-state index in [0.717, 1.165) is 18.6 Å². The van der Waals surface area contributed by atoms with Crippen LogP contribution in [0, 0.1) is 0 Å². The van der Waals surface area contributed by atoms with Crippen molar-refractivity contribution in [3.8, 4) is 5.75 Å². The molecule has 0 unspecified atom stereocenters. The molecule has 0 fully saturated rings. The van der Waals surface area contributed by atoms with Gasteiger partial charge < -0.3 is 4.74 Å². The highest BCUT2D eigenvalue weighted by Gasteiger charge is 2.05. The summed E-state index contributed by atoms with van der Waals surface area (Å²) in [5.41, 5.74) is 0. The second kappa shape index (κ2) is 6.03. The molecule has 74 valence electrons. The Balaban J connectivity index is 2.54. The summed E-state index contributed by atoms with van der Waals surface area (Å²) in [6.45, 7) is 7.42. The molecular formula is C13H16O. The van der Waals surface area contributed by atoms with Crippen LogP contribution in [-0.4, -0.2) is 6.10 Å². The quantitative estimate of drug-likeness (QED) is 0.620. The summed E-state index contributed by atoms with van der Waals surface area (Å²) in [6.07, 6.45) is 5.60. The second-order valence-corrected chi connectivity index (χ2v) is 3.10. The van der Waals surface area contributed by atoms with Gasteiger partial charge in [-0.1, -0.05) is 30.4 Å². The summed E-state index contributed by atoms with van der Waals surface area (Å²) in [7, 11) is 0. The highest BCUT2D eigenvalue weighted by atomic mass is 16.5. The molecule has 0 aromatic heterocycles. The maximum atomic E-state index is 5.75. The molecule has 0 spiro atoms. The van der Waals surface area contributed by atoms with E-state index in [9.17, 15) is 0 Å². The van der Waals surface area contributed by atoms with Crippen molar-refractivity contribution in [3.05, 3.63) is 55.6 Å². The first-order valence-corrected chi connectivity index (χ1v) is 4.80. The van der Waals surface area contributed by atoms with Crippen molar-refractivity contribution in [2.75, 3.05) is 0 Å². The molecule has 0 aliphatic rings. The molecule has 1 rings (SSSR count). The molecule has 0 atom stereocenters. The Labute approximate surface area is 85.7 Å². The molecule has 0 heterocycles. The lowest BCUT2D eigenvalue weighted by Crippen LogP contribution is -2.14. The topological polar surface area (TPSA) is 9.23 Å². The number of benzene rings is 1. The molecule has 0 N–H and O–H groups in total. The van der Waals surface area contributed by atoms with E-state index in [4.69, 9.17) is 4.74 Å². The Morgan fingerprint density at radius 2 is 1.64 bits per heavy atom. The first kappa shape index (κ1) is 10.6. The molecule has 0 saturated carbocycles. The van der Waals surface area contributed by atoms with Crippen LogP contribution in [0.15, 0.2) is 55.6 Å². The highest BCUT2D eigenvalue weighted by Crippen LogP contribution is 2.14. The zero-order valence-electron chi connectivity index (χ0n) is 8.36. The molecule has 0 saturated heterocycles. The Morgan fingerprint density at radius 1 is 1.07 bits per heavy atom. The van der Waals surface area contributed by atoms with Crippen LogP contribution in [0.5, 0.6) is 5.75 Å². The lowest BCUT2D eigenvalue weighted by atomic mass is 10.2. The Hall–Kier alpha value is -1.50. The fraction of sp³-hybridized carbons (Fsp3) is 0.231. The van der Waals surface area contributed by atoms with E-state index in [2.05, 4.69) is 13.2 Å². The molecule has 0 aliphatic heterocycles. The van der Waals surface area contributed by atoms with Crippen LogP contribution in [0.1, 0.15) is 12.8 Å². The van der Waals surface area contributed by atoms with Gasteiger partial charge in [0.1, 0.15) is 11.9 Å². The first-order valence-electron chi connectivity index (χ1n) is 4.80.